The van der Waals surface area contributed by atoms with E-state index in [2.05, 4.69) is 29.1 Å². The summed E-state index contributed by atoms with van der Waals surface area (Å²) in [6, 6.07) is 0.145. The summed E-state index contributed by atoms with van der Waals surface area (Å²) in [6.45, 7) is 8.83. The maximum Gasteiger partial charge on any atom is 0.147 e. The van der Waals surface area contributed by atoms with E-state index in [1.165, 1.54) is 0 Å². The number of aromatic nitrogens is 2. The molecule has 1 unspecified atom stereocenters. The van der Waals surface area contributed by atoms with Gasteiger partial charge in [0.15, 0.2) is 0 Å². The number of nitrogens with zero attached hydrogens (tertiary/aromatic N) is 2. The Morgan fingerprint density at radius 3 is 2.67 bits per heavy atom. The van der Waals surface area contributed by atoms with Gasteiger partial charge in [0.05, 0.1) is 11.4 Å². The molecular formula is C11H20N4. The summed E-state index contributed by atoms with van der Waals surface area (Å²) in [5.74, 6) is 1.31. The van der Waals surface area contributed by atoms with Gasteiger partial charge in [-0.3, -0.25) is 4.98 Å². The molecule has 3 N–H and O–H groups in total. The second-order valence-electron chi connectivity index (χ2n) is 4.23. The molecule has 0 bridgehead atoms. The third-order valence-electron chi connectivity index (χ3n) is 2.44. The van der Waals surface area contributed by atoms with Gasteiger partial charge in [-0.05, 0) is 19.8 Å². The molecule has 1 atom stereocenters. The van der Waals surface area contributed by atoms with Crippen molar-refractivity contribution in [3.8, 4) is 0 Å². The van der Waals surface area contributed by atoms with Crippen LogP contribution in [0.5, 0.6) is 0 Å². The minimum atomic E-state index is 0.145. The van der Waals surface area contributed by atoms with E-state index < -0.39 is 0 Å². The van der Waals surface area contributed by atoms with Crippen LogP contribution in [0.15, 0.2) is 6.20 Å². The fourth-order valence-corrected chi connectivity index (χ4v) is 1.16. The molecule has 4 heteroatoms. The molecule has 0 aliphatic heterocycles. The lowest BCUT2D eigenvalue weighted by atomic mass is 10.1. The SMILES string of the molecule is Cc1cnc(C)c(NCC(N)C(C)C)n1. The molecule has 0 radical (unpaired) electrons. The first-order chi connectivity index (χ1) is 7.00. The number of rotatable bonds is 4. The molecule has 0 saturated carbocycles. The van der Waals surface area contributed by atoms with Crippen LogP contribution in [0.25, 0.3) is 0 Å². The highest BCUT2D eigenvalue weighted by molar-refractivity contribution is 5.39. The number of anilines is 1. The van der Waals surface area contributed by atoms with Crippen molar-refractivity contribution in [3.05, 3.63) is 17.6 Å². The summed E-state index contributed by atoms with van der Waals surface area (Å²) in [5, 5.41) is 3.24. The Hall–Kier alpha value is -1.16. The molecule has 15 heavy (non-hydrogen) atoms. The van der Waals surface area contributed by atoms with Crippen LogP contribution in [0, 0.1) is 19.8 Å². The van der Waals surface area contributed by atoms with Gasteiger partial charge in [0.2, 0.25) is 0 Å². The molecule has 1 rings (SSSR count). The van der Waals surface area contributed by atoms with Crippen LogP contribution in [0.2, 0.25) is 0 Å². The topological polar surface area (TPSA) is 63.8 Å². The molecule has 0 fully saturated rings. The monoisotopic (exact) mass is 208 g/mol. The highest BCUT2D eigenvalue weighted by Gasteiger charge is 2.08. The van der Waals surface area contributed by atoms with E-state index in [-0.39, 0.29) is 6.04 Å². The number of nitrogens with two attached hydrogens (primary N) is 1. The lowest BCUT2D eigenvalue weighted by Crippen LogP contribution is -2.34. The molecular weight excluding hydrogens is 188 g/mol. The van der Waals surface area contributed by atoms with E-state index in [0.29, 0.717) is 5.92 Å². The Kier molecular flexibility index (Phi) is 4.03. The molecule has 0 saturated heterocycles. The van der Waals surface area contributed by atoms with Gasteiger partial charge >= 0.3 is 0 Å². The fraction of sp³-hybridized carbons (Fsp3) is 0.636. The van der Waals surface area contributed by atoms with Gasteiger partial charge in [0.25, 0.3) is 0 Å². The average Bonchev–Trinajstić information content (AvgIpc) is 2.18. The molecule has 4 nitrogen and oxygen atoms in total. The average molecular weight is 208 g/mol. The highest BCUT2D eigenvalue weighted by atomic mass is 15.0. The molecule has 1 heterocycles. The van der Waals surface area contributed by atoms with Gasteiger partial charge in [0, 0.05) is 18.8 Å². The van der Waals surface area contributed by atoms with E-state index in [4.69, 9.17) is 5.73 Å². The van der Waals surface area contributed by atoms with Crippen LogP contribution in [-0.2, 0) is 0 Å². The minimum absolute atomic E-state index is 0.145. The summed E-state index contributed by atoms with van der Waals surface area (Å²) in [5.41, 5.74) is 7.77. The van der Waals surface area contributed by atoms with Crippen LogP contribution in [-0.4, -0.2) is 22.6 Å². The van der Waals surface area contributed by atoms with Gasteiger partial charge in [-0.2, -0.15) is 0 Å². The molecule has 0 aliphatic rings. The van der Waals surface area contributed by atoms with Crippen LogP contribution in [0.1, 0.15) is 25.2 Å². The van der Waals surface area contributed by atoms with Crippen LogP contribution < -0.4 is 11.1 Å². The first-order valence-corrected chi connectivity index (χ1v) is 5.30. The predicted molar refractivity (Wildman–Crippen MR) is 62.8 cm³/mol. The van der Waals surface area contributed by atoms with Crippen LogP contribution >= 0.6 is 0 Å². The van der Waals surface area contributed by atoms with Gasteiger partial charge < -0.3 is 11.1 Å². The summed E-state index contributed by atoms with van der Waals surface area (Å²) in [4.78, 5) is 8.61. The van der Waals surface area contributed by atoms with Crippen molar-refractivity contribution in [1.29, 1.82) is 0 Å². The van der Waals surface area contributed by atoms with Gasteiger partial charge in [0.1, 0.15) is 5.82 Å². The summed E-state index contributed by atoms with van der Waals surface area (Å²) in [7, 11) is 0. The number of aryl methyl sites for hydroxylation is 2. The normalized spacial score (nSPS) is 12.9. The van der Waals surface area contributed by atoms with E-state index in [1.807, 2.05) is 13.8 Å². The Labute approximate surface area is 91.3 Å². The summed E-state index contributed by atoms with van der Waals surface area (Å²) < 4.78 is 0. The second kappa shape index (κ2) is 5.07. The van der Waals surface area contributed by atoms with Crippen molar-refractivity contribution in [2.75, 3.05) is 11.9 Å². The molecule has 84 valence electrons. The van der Waals surface area contributed by atoms with E-state index in [1.54, 1.807) is 6.20 Å². The van der Waals surface area contributed by atoms with Crippen LogP contribution in [0.4, 0.5) is 5.82 Å². The zero-order valence-corrected chi connectivity index (χ0v) is 9.91. The lowest BCUT2D eigenvalue weighted by molar-refractivity contribution is 0.511. The summed E-state index contributed by atoms with van der Waals surface area (Å²) >= 11 is 0. The first kappa shape index (κ1) is 11.9. The standard InChI is InChI=1S/C11H20N4/c1-7(2)10(12)6-14-11-9(4)13-5-8(3)15-11/h5,7,10H,6,12H2,1-4H3,(H,14,15). The third-order valence-corrected chi connectivity index (χ3v) is 2.44. The molecule has 0 amide bonds. The van der Waals surface area contributed by atoms with E-state index in [9.17, 15) is 0 Å². The molecule has 1 aromatic rings. The molecule has 0 aliphatic carbocycles. The Morgan fingerprint density at radius 1 is 1.40 bits per heavy atom. The van der Waals surface area contributed by atoms with Crippen molar-refractivity contribution in [2.24, 2.45) is 11.7 Å². The molecule has 1 aromatic heterocycles. The van der Waals surface area contributed by atoms with Crippen molar-refractivity contribution < 1.29 is 0 Å². The number of hydrogen-bond acceptors (Lipinski definition) is 4. The first-order valence-electron chi connectivity index (χ1n) is 5.30. The third kappa shape index (κ3) is 3.47. The van der Waals surface area contributed by atoms with Crippen LogP contribution in [0.3, 0.4) is 0 Å². The quantitative estimate of drug-likeness (QED) is 0.787. The Balaban J connectivity index is 2.61. The lowest BCUT2D eigenvalue weighted by Gasteiger charge is -2.17. The minimum Gasteiger partial charge on any atom is -0.367 e. The van der Waals surface area contributed by atoms with Crippen molar-refractivity contribution >= 4 is 5.82 Å². The Bertz CT molecular complexity index is 322. The predicted octanol–water partition coefficient (Wildman–Crippen LogP) is 1.49. The van der Waals surface area contributed by atoms with Gasteiger partial charge in [-0.25, -0.2) is 4.98 Å². The molecule has 0 aromatic carbocycles. The zero-order valence-electron chi connectivity index (χ0n) is 9.91. The number of nitrogens with one attached hydrogen (secondary N) is 1. The smallest absolute Gasteiger partial charge is 0.147 e. The molecule has 0 spiro atoms. The second-order valence-corrected chi connectivity index (χ2v) is 4.23. The highest BCUT2D eigenvalue weighted by Crippen LogP contribution is 2.09. The van der Waals surface area contributed by atoms with Gasteiger partial charge in [-0.1, -0.05) is 13.8 Å². The maximum atomic E-state index is 5.94. The fourth-order valence-electron chi connectivity index (χ4n) is 1.16. The Morgan fingerprint density at radius 2 is 2.07 bits per heavy atom. The van der Waals surface area contributed by atoms with Gasteiger partial charge in [-0.15, -0.1) is 0 Å². The van der Waals surface area contributed by atoms with E-state index in [0.717, 1.165) is 23.8 Å². The van der Waals surface area contributed by atoms with Crippen molar-refractivity contribution in [2.45, 2.75) is 33.7 Å². The van der Waals surface area contributed by atoms with Crippen molar-refractivity contribution in [3.63, 3.8) is 0 Å². The van der Waals surface area contributed by atoms with E-state index >= 15 is 0 Å². The summed E-state index contributed by atoms with van der Waals surface area (Å²) in [6.07, 6.45) is 1.77. The van der Waals surface area contributed by atoms with Crippen molar-refractivity contribution in [1.82, 2.24) is 9.97 Å². The largest absolute Gasteiger partial charge is 0.367 e. The zero-order chi connectivity index (χ0) is 11.4. The number of hydrogen-bond donors (Lipinski definition) is 2. The maximum absolute atomic E-state index is 5.94.